The number of amides is 2. The predicted octanol–water partition coefficient (Wildman–Crippen LogP) is 5.45. The van der Waals surface area contributed by atoms with Crippen molar-refractivity contribution in [1.29, 1.82) is 0 Å². The number of rotatable bonds is 12. The van der Waals surface area contributed by atoms with Gasteiger partial charge in [-0.25, -0.2) is 8.42 Å². The Morgan fingerprint density at radius 2 is 1.62 bits per heavy atom. The minimum absolute atomic E-state index is 0.0114. The Morgan fingerprint density at radius 3 is 2.20 bits per heavy atom. The van der Waals surface area contributed by atoms with Crippen molar-refractivity contribution in [1.82, 2.24) is 10.2 Å². The molecule has 11 heteroatoms. The summed E-state index contributed by atoms with van der Waals surface area (Å²) in [5.41, 5.74) is 1.80. The van der Waals surface area contributed by atoms with Crippen LogP contribution in [0, 0.1) is 6.92 Å². The van der Waals surface area contributed by atoms with Gasteiger partial charge in [0, 0.05) is 13.1 Å². The fraction of sp³-hybridized carbons (Fsp3) is 0.310. The zero-order chi connectivity index (χ0) is 29.4. The first kappa shape index (κ1) is 31.3. The minimum Gasteiger partial charge on any atom is -0.497 e. The van der Waals surface area contributed by atoms with Crippen molar-refractivity contribution in [3.8, 4) is 5.75 Å². The first-order valence-electron chi connectivity index (χ1n) is 12.7. The van der Waals surface area contributed by atoms with Gasteiger partial charge in [-0.3, -0.25) is 13.9 Å². The van der Waals surface area contributed by atoms with E-state index in [4.69, 9.17) is 27.9 Å². The van der Waals surface area contributed by atoms with Crippen LogP contribution in [-0.4, -0.2) is 51.4 Å². The number of halogens is 2. The maximum absolute atomic E-state index is 13.9. The molecule has 0 saturated carbocycles. The van der Waals surface area contributed by atoms with Crippen molar-refractivity contribution in [3.63, 3.8) is 0 Å². The predicted molar refractivity (Wildman–Crippen MR) is 158 cm³/mol. The Kier molecular flexibility index (Phi) is 10.8. The van der Waals surface area contributed by atoms with E-state index in [9.17, 15) is 18.0 Å². The Labute approximate surface area is 245 Å². The van der Waals surface area contributed by atoms with Crippen LogP contribution in [0.3, 0.4) is 0 Å². The third-order valence-electron chi connectivity index (χ3n) is 6.30. The maximum Gasteiger partial charge on any atom is 0.264 e. The van der Waals surface area contributed by atoms with Crippen LogP contribution in [0.2, 0.25) is 10.0 Å². The van der Waals surface area contributed by atoms with Gasteiger partial charge < -0.3 is 15.0 Å². The summed E-state index contributed by atoms with van der Waals surface area (Å²) in [4.78, 5) is 28.2. The molecule has 0 saturated heterocycles. The van der Waals surface area contributed by atoms with Crippen molar-refractivity contribution in [3.05, 3.63) is 87.9 Å². The summed E-state index contributed by atoms with van der Waals surface area (Å²) in [6.45, 7) is 5.29. The molecule has 0 spiro atoms. The molecule has 40 heavy (non-hydrogen) atoms. The highest BCUT2D eigenvalue weighted by molar-refractivity contribution is 7.92. The van der Waals surface area contributed by atoms with Crippen LogP contribution in [0.4, 0.5) is 5.69 Å². The number of ether oxygens (including phenoxy) is 1. The van der Waals surface area contributed by atoms with Crippen molar-refractivity contribution in [2.24, 2.45) is 0 Å². The average molecular weight is 607 g/mol. The van der Waals surface area contributed by atoms with Gasteiger partial charge in [-0.15, -0.1) is 0 Å². The lowest BCUT2D eigenvalue weighted by Gasteiger charge is -2.32. The zero-order valence-corrected chi connectivity index (χ0v) is 25.2. The molecule has 214 valence electrons. The van der Waals surface area contributed by atoms with Gasteiger partial charge >= 0.3 is 0 Å². The Balaban J connectivity index is 2.03. The molecule has 2 amide bonds. The smallest absolute Gasteiger partial charge is 0.264 e. The van der Waals surface area contributed by atoms with E-state index in [1.807, 2.05) is 13.8 Å². The van der Waals surface area contributed by atoms with Gasteiger partial charge in [-0.1, -0.05) is 53.9 Å². The van der Waals surface area contributed by atoms with Crippen LogP contribution in [0.5, 0.6) is 5.75 Å². The van der Waals surface area contributed by atoms with Gasteiger partial charge in [-0.05, 0) is 74.4 Å². The van der Waals surface area contributed by atoms with Crippen LogP contribution in [-0.2, 0) is 26.2 Å². The molecule has 1 unspecified atom stereocenters. The summed E-state index contributed by atoms with van der Waals surface area (Å²) in [5, 5.41) is 3.46. The van der Waals surface area contributed by atoms with Gasteiger partial charge in [0.2, 0.25) is 11.8 Å². The van der Waals surface area contributed by atoms with Crippen LogP contribution in [0.15, 0.2) is 71.6 Å². The van der Waals surface area contributed by atoms with Crippen LogP contribution < -0.4 is 14.4 Å². The highest BCUT2D eigenvalue weighted by atomic mass is 35.5. The summed E-state index contributed by atoms with van der Waals surface area (Å²) in [7, 11) is -2.65. The molecule has 0 heterocycles. The largest absolute Gasteiger partial charge is 0.497 e. The van der Waals surface area contributed by atoms with E-state index in [1.165, 1.54) is 24.1 Å². The lowest BCUT2D eigenvalue weighted by molar-refractivity contribution is -0.139. The molecule has 3 aromatic carbocycles. The molecular formula is C29H33Cl2N3O5S. The van der Waals surface area contributed by atoms with Gasteiger partial charge in [0.05, 0.1) is 27.7 Å². The SMILES string of the molecule is CCCNC(=O)C(C)N(Cc1ccc(Cl)c(Cl)c1)C(=O)CN(c1ccc(OC)cc1)S(=O)(=O)c1ccc(C)cc1. The molecule has 0 aliphatic carbocycles. The van der Waals surface area contributed by atoms with E-state index in [-0.39, 0.29) is 23.0 Å². The number of carbonyl (C=O) groups excluding carboxylic acids is 2. The van der Waals surface area contributed by atoms with Crippen molar-refractivity contribution in [2.45, 2.75) is 44.7 Å². The number of hydrogen-bond donors (Lipinski definition) is 1. The van der Waals surface area contributed by atoms with E-state index in [0.717, 1.165) is 16.3 Å². The third-order valence-corrected chi connectivity index (χ3v) is 8.83. The number of nitrogens with one attached hydrogen (secondary N) is 1. The number of benzene rings is 3. The Hall–Kier alpha value is -3.27. The van der Waals surface area contributed by atoms with E-state index in [2.05, 4.69) is 5.32 Å². The van der Waals surface area contributed by atoms with Gasteiger partial charge in [0.1, 0.15) is 18.3 Å². The van der Waals surface area contributed by atoms with E-state index in [1.54, 1.807) is 61.5 Å². The zero-order valence-electron chi connectivity index (χ0n) is 22.9. The molecule has 3 rings (SSSR count). The monoisotopic (exact) mass is 605 g/mol. The molecule has 0 aliphatic heterocycles. The molecule has 0 bridgehead atoms. The third kappa shape index (κ3) is 7.68. The maximum atomic E-state index is 13.9. The summed E-state index contributed by atoms with van der Waals surface area (Å²) < 4.78 is 34.0. The molecule has 8 nitrogen and oxygen atoms in total. The number of hydrogen-bond acceptors (Lipinski definition) is 5. The lowest BCUT2D eigenvalue weighted by Crippen LogP contribution is -2.51. The molecule has 1 N–H and O–H groups in total. The fourth-order valence-electron chi connectivity index (χ4n) is 3.93. The lowest BCUT2D eigenvalue weighted by atomic mass is 10.1. The summed E-state index contributed by atoms with van der Waals surface area (Å²) in [6, 6.07) is 16.8. The molecule has 0 fully saturated rings. The second-order valence-corrected chi connectivity index (χ2v) is 11.9. The quantitative estimate of drug-likeness (QED) is 0.296. The molecular weight excluding hydrogens is 573 g/mol. The Morgan fingerprint density at radius 1 is 0.975 bits per heavy atom. The summed E-state index contributed by atoms with van der Waals surface area (Å²) in [5.74, 6) is -0.394. The first-order valence-corrected chi connectivity index (χ1v) is 14.9. The second-order valence-electron chi connectivity index (χ2n) is 9.26. The summed E-state index contributed by atoms with van der Waals surface area (Å²) in [6.07, 6.45) is 0.721. The van der Waals surface area contributed by atoms with Crippen LogP contribution >= 0.6 is 23.2 Å². The fourth-order valence-corrected chi connectivity index (χ4v) is 5.66. The van der Waals surface area contributed by atoms with E-state index >= 15 is 0 Å². The molecule has 0 radical (unpaired) electrons. The summed E-state index contributed by atoms with van der Waals surface area (Å²) >= 11 is 12.3. The van der Waals surface area contributed by atoms with Crippen LogP contribution in [0.1, 0.15) is 31.4 Å². The van der Waals surface area contributed by atoms with Crippen LogP contribution in [0.25, 0.3) is 0 Å². The molecule has 1 atom stereocenters. The normalized spacial score (nSPS) is 11.9. The number of sulfonamides is 1. The molecule has 3 aromatic rings. The highest BCUT2D eigenvalue weighted by Crippen LogP contribution is 2.27. The van der Waals surface area contributed by atoms with Gasteiger partial charge in [0.25, 0.3) is 10.0 Å². The first-order chi connectivity index (χ1) is 19.0. The number of methoxy groups -OCH3 is 1. The van der Waals surface area contributed by atoms with Gasteiger partial charge in [0.15, 0.2) is 0 Å². The average Bonchev–Trinajstić information content (AvgIpc) is 2.94. The van der Waals surface area contributed by atoms with Crippen molar-refractivity contribution >= 4 is 50.7 Å². The number of anilines is 1. The molecule has 0 aliphatic rings. The number of carbonyl (C=O) groups is 2. The van der Waals surface area contributed by atoms with Crippen molar-refractivity contribution in [2.75, 3.05) is 24.5 Å². The second kappa shape index (κ2) is 13.9. The number of aryl methyl sites for hydroxylation is 1. The standard InChI is InChI=1S/C29H33Cl2N3O5S/c1-5-16-32-29(36)21(3)33(18-22-8-15-26(30)27(31)17-22)28(35)19-34(23-9-11-24(39-4)12-10-23)40(37,38)25-13-6-20(2)7-14-25/h6-15,17,21H,5,16,18-19H2,1-4H3,(H,32,36). The topological polar surface area (TPSA) is 96.0 Å². The highest BCUT2D eigenvalue weighted by Gasteiger charge is 2.32. The Bertz CT molecular complexity index is 1430. The van der Waals surface area contributed by atoms with E-state index in [0.29, 0.717) is 27.9 Å². The minimum atomic E-state index is -4.16. The van der Waals surface area contributed by atoms with Crippen molar-refractivity contribution < 1.29 is 22.7 Å². The van der Waals surface area contributed by atoms with Gasteiger partial charge in [-0.2, -0.15) is 0 Å². The molecule has 0 aromatic heterocycles. The number of nitrogens with zero attached hydrogens (tertiary/aromatic N) is 2. The van der Waals surface area contributed by atoms with E-state index < -0.39 is 28.5 Å².